The van der Waals surface area contributed by atoms with Crippen LogP contribution in [0.15, 0.2) is 47.1 Å². The van der Waals surface area contributed by atoms with Gasteiger partial charge in [-0.1, -0.05) is 24.3 Å². The zero-order valence-electron chi connectivity index (χ0n) is 17.0. The minimum absolute atomic E-state index is 0.0320. The van der Waals surface area contributed by atoms with Gasteiger partial charge in [0.1, 0.15) is 17.8 Å². The van der Waals surface area contributed by atoms with Crippen LogP contribution in [0, 0.1) is 5.92 Å². The molecule has 7 heteroatoms. The van der Waals surface area contributed by atoms with Gasteiger partial charge < -0.3 is 14.6 Å². The smallest absolute Gasteiger partial charge is 0.325 e. The van der Waals surface area contributed by atoms with Crippen molar-refractivity contribution in [1.29, 1.82) is 0 Å². The molecule has 2 heterocycles. The zero-order valence-corrected chi connectivity index (χ0v) is 17.0. The molecule has 30 heavy (non-hydrogen) atoms. The molecule has 2 unspecified atom stereocenters. The first-order valence-corrected chi connectivity index (χ1v) is 10.5. The lowest BCUT2D eigenvalue weighted by atomic mass is 9.92. The van der Waals surface area contributed by atoms with E-state index in [9.17, 15) is 14.4 Å². The highest BCUT2D eigenvalue weighted by Crippen LogP contribution is 2.41. The average molecular weight is 407 g/mol. The Hall–Kier alpha value is -3.09. The summed E-state index contributed by atoms with van der Waals surface area (Å²) in [6, 6.07) is 10.8. The van der Waals surface area contributed by atoms with Gasteiger partial charge in [0.2, 0.25) is 5.91 Å². The summed E-state index contributed by atoms with van der Waals surface area (Å²) in [4.78, 5) is 42.2. The molecule has 2 aliphatic carbocycles. The number of hydrogen-bond donors (Lipinski definition) is 1. The summed E-state index contributed by atoms with van der Waals surface area (Å²) in [5.41, 5.74) is 0.875. The number of carbonyl (C=O) groups excluding carboxylic acids is 3. The number of imide groups is 1. The predicted octanol–water partition coefficient (Wildman–Crippen LogP) is 2.80. The second-order valence-corrected chi connectivity index (χ2v) is 8.56. The van der Waals surface area contributed by atoms with Crippen molar-refractivity contribution in [3.63, 3.8) is 0 Å². The molecule has 4 amide bonds. The molecule has 2 aromatic rings. The number of nitrogens with one attached hydrogen (secondary N) is 1. The van der Waals surface area contributed by atoms with E-state index in [0.29, 0.717) is 24.6 Å². The van der Waals surface area contributed by atoms with E-state index in [4.69, 9.17) is 4.42 Å². The number of nitrogens with zero attached hydrogens (tertiary/aromatic N) is 2. The minimum Gasteiger partial charge on any atom is -0.467 e. The summed E-state index contributed by atoms with van der Waals surface area (Å²) in [7, 11) is 0. The Labute approximate surface area is 175 Å². The van der Waals surface area contributed by atoms with Gasteiger partial charge in [0.05, 0.1) is 12.8 Å². The van der Waals surface area contributed by atoms with Crippen LogP contribution in [0.3, 0.4) is 0 Å². The highest BCUT2D eigenvalue weighted by molar-refractivity contribution is 6.09. The van der Waals surface area contributed by atoms with Crippen molar-refractivity contribution in [3.8, 4) is 0 Å². The number of aryl methyl sites for hydroxylation is 1. The zero-order chi connectivity index (χ0) is 20.9. The summed E-state index contributed by atoms with van der Waals surface area (Å²) in [5, 5.41) is 2.89. The molecule has 3 aliphatic rings. The summed E-state index contributed by atoms with van der Waals surface area (Å²) in [6.45, 7) is 2.10. The molecule has 1 aromatic heterocycles. The molecule has 1 saturated carbocycles. The van der Waals surface area contributed by atoms with E-state index in [2.05, 4.69) is 5.32 Å². The quantitative estimate of drug-likeness (QED) is 0.747. The Balaban J connectivity index is 1.37. The molecule has 1 aromatic carbocycles. The van der Waals surface area contributed by atoms with Gasteiger partial charge in [0.25, 0.3) is 5.91 Å². The van der Waals surface area contributed by atoms with E-state index in [-0.39, 0.29) is 24.4 Å². The maximum Gasteiger partial charge on any atom is 0.325 e. The van der Waals surface area contributed by atoms with Crippen molar-refractivity contribution in [2.75, 3.05) is 6.54 Å². The van der Waals surface area contributed by atoms with E-state index in [1.807, 2.05) is 37.3 Å². The number of benzene rings is 1. The van der Waals surface area contributed by atoms with Gasteiger partial charge in [-0.25, -0.2) is 4.79 Å². The normalized spacial score (nSPS) is 23.6. The van der Waals surface area contributed by atoms with Gasteiger partial charge in [-0.3, -0.25) is 14.5 Å². The predicted molar refractivity (Wildman–Crippen MR) is 108 cm³/mol. The van der Waals surface area contributed by atoms with Gasteiger partial charge in [0.15, 0.2) is 0 Å². The maximum atomic E-state index is 13.3. The summed E-state index contributed by atoms with van der Waals surface area (Å²) in [6.07, 6.45) is 5.01. The monoisotopic (exact) mass is 407 g/mol. The topological polar surface area (TPSA) is 82.9 Å². The van der Waals surface area contributed by atoms with Crippen LogP contribution in [0.5, 0.6) is 0 Å². The standard InChI is InChI=1S/C23H25N3O4/c1-15(16-8-9-16)25(13-18-6-4-12-30-18)20(27)14-26-21(28)23(24-22(26)29)11-10-17-5-2-3-7-19(17)23/h2-7,12,15-16H,8-11,13-14H2,1H3,(H,24,29). The molecule has 0 bridgehead atoms. The lowest BCUT2D eigenvalue weighted by Crippen LogP contribution is -2.47. The fourth-order valence-electron chi connectivity index (χ4n) is 4.82. The number of fused-ring (bicyclic) bond motifs is 2. The van der Waals surface area contributed by atoms with Crippen LogP contribution in [0.2, 0.25) is 0 Å². The fraction of sp³-hybridized carbons (Fsp3) is 0.435. The first kappa shape index (κ1) is 18.9. The average Bonchev–Trinajstić information content (AvgIpc) is 3.27. The molecular formula is C23H25N3O4. The second kappa shape index (κ2) is 7.00. The summed E-state index contributed by atoms with van der Waals surface area (Å²) in [5.74, 6) is 0.578. The molecule has 2 atom stereocenters. The van der Waals surface area contributed by atoms with Crippen molar-refractivity contribution < 1.29 is 18.8 Å². The molecule has 5 rings (SSSR count). The number of amides is 4. The third-order valence-electron chi connectivity index (χ3n) is 6.74. The Morgan fingerprint density at radius 3 is 2.80 bits per heavy atom. The molecule has 2 fully saturated rings. The lowest BCUT2D eigenvalue weighted by molar-refractivity contribution is -0.141. The summed E-state index contributed by atoms with van der Waals surface area (Å²) >= 11 is 0. The van der Waals surface area contributed by atoms with Gasteiger partial charge in [0, 0.05) is 6.04 Å². The maximum absolute atomic E-state index is 13.3. The minimum atomic E-state index is -1.04. The molecule has 0 radical (unpaired) electrons. The highest BCUT2D eigenvalue weighted by Gasteiger charge is 2.55. The number of carbonyl (C=O) groups is 3. The third kappa shape index (κ3) is 3.00. The van der Waals surface area contributed by atoms with Crippen molar-refractivity contribution >= 4 is 17.8 Å². The second-order valence-electron chi connectivity index (χ2n) is 8.56. The fourth-order valence-corrected chi connectivity index (χ4v) is 4.82. The molecule has 1 spiro atoms. The van der Waals surface area contributed by atoms with Crippen LogP contribution in [-0.2, 0) is 28.1 Å². The Morgan fingerprint density at radius 2 is 2.07 bits per heavy atom. The van der Waals surface area contributed by atoms with Crippen LogP contribution in [0.1, 0.15) is 43.1 Å². The lowest BCUT2D eigenvalue weighted by Gasteiger charge is -2.30. The Kier molecular flexibility index (Phi) is 4.41. The Morgan fingerprint density at radius 1 is 1.27 bits per heavy atom. The molecule has 1 N–H and O–H groups in total. The molecular weight excluding hydrogens is 382 g/mol. The summed E-state index contributed by atoms with van der Waals surface area (Å²) < 4.78 is 5.44. The third-order valence-corrected chi connectivity index (χ3v) is 6.74. The SMILES string of the molecule is CC(C1CC1)N(Cc1ccco1)C(=O)CN1C(=O)NC2(CCc3ccccc32)C1=O. The number of urea groups is 1. The van der Waals surface area contributed by atoms with E-state index < -0.39 is 11.6 Å². The molecule has 156 valence electrons. The molecule has 1 aliphatic heterocycles. The van der Waals surface area contributed by atoms with E-state index >= 15 is 0 Å². The van der Waals surface area contributed by atoms with E-state index in [1.54, 1.807) is 17.2 Å². The van der Waals surface area contributed by atoms with Crippen molar-refractivity contribution in [1.82, 2.24) is 15.1 Å². The number of rotatable bonds is 6. The van der Waals surface area contributed by atoms with Crippen LogP contribution < -0.4 is 5.32 Å². The number of furan rings is 1. The van der Waals surface area contributed by atoms with Gasteiger partial charge in [-0.05, 0) is 61.8 Å². The van der Waals surface area contributed by atoms with Gasteiger partial charge >= 0.3 is 6.03 Å². The van der Waals surface area contributed by atoms with Crippen molar-refractivity contribution in [2.45, 2.75) is 50.7 Å². The number of hydrogen-bond acceptors (Lipinski definition) is 4. The van der Waals surface area contributed by atoms with Crippen molar-refractivity contribution in [3.05, 3.63) is 59.5 Å². The van der Waals surface area contributed by atoms with E-state index in [1.165, 1.54) is 0 Å². The first-order valence-electron chi connectivity index (χ1n) is 10.5. The molecule has 7 nitrogen and oxygen atoms in total. The van der Waals surface area contributed by atoms with Crippen LogP contribution in [0.25, 0.3) is 0 Å². The molecule has 1 saturated heterocycles. The van der Waals surface area contributed by atoms with Crippen LogP contribution in [-0.4, -0.2) is 40.2 Å². The van der Waals surface area contributed by atoms with Crippen LogP contribution >= 0.6 is 0 Å². The van der Waals surface area contributed by atoms with Gasteiger partial charge in [-0.2, -0.15) is 0 Å². The first-order chi connectivity index (χ1) is 14.5. The van der Waals surface area contributed by atoms with Crippen molar-refractivity contribution in [2.24, 2.45) is 5.92 Å². The van der Waals surface area contributed by atoms with E-state index in [0.717, 1.165) is 35.3 Å². The van der Waals surface area contributed by atoms with Gasteiger partial charge in [-0.15, -0.1) is 0 Å². The Bertz CT molecular complexity index is 998. The largest absolute Gasteiger partial charge is 0.467 e. The van der Waals surface area contributed by atoms with Crippen LogP contribution in [0.4, 0.5) is 4.79 Å². The highest BCUT2D eigenvalue weighted by atomic mass is 16.3.